The number of hydrogen-bond donors (Lipinski definition) is 2. The van der Waals surface area contributed by atoms with Crippen LogP contribution < -0.4 is 10.6 Å². The van der Waals surface area contributed by atoms with Crippen molar-refractivity contribution in [3.05, 3.63) is 59.4 Å². The van der Waals surface area contributed by atoms with E-state index in [0.29, 0.717) is 23.5 Å². The van der Waals surface area contributed by atoms with Gasteiger partial charge in [0.2, 0.25) is 0 Å². The van der Waals surface area contributed by atoms with Crippen molar-refractivity contribution in [3.8, 4) is 0 Å². The van der Waals surface area contributed by atoms with Crippen LogP contribution in [0.5, 0.6) is 0 Å². The number of aryl methyl sites for hydroxylation is 1. The van der Waals surface area contributed by atoms with Crippen molar-refractivity contribution >= 4 is 34.7 Å². The molecule has 0 aromatic heterocycles. The van der Waals surface area contributed by atoms with Crippen LogP contribution in [0.3, 0.4) is 0 Å². The van der Waals surface area contributed by atoms with Crippen LogP contribution >= 0.6 is 12.2 Å². The van der Waals surface area contributed by atoms with Gasteiger partial charge in [0.25, 0.3) is 0 Å². The number of rotatable bonds is 6. The topological polar surface area (TPSA) is 50.4 Å². The molecule has 2 rings (SSSR count). The Morgan fingerprint density at radius 1 is 1.16 bits per heavy atom. The van der Waals surface area contributed by atoms with Gasteiger partial charge >= 0.3 is 5.97 Å². The zero-order valence-corrected chi connectivity index (χ0v) is 15.1. The summed E-state index contributed by atoms with van der Waals surface area (Å²) in [6, 6.07) is 11.6. The van der Waals surface area contributed by atoms with Gasteiger partial charge in [-0.2, -0.15) is 0 Å². The van der Waals surface area contributed by atoms with E-state index in [1.54, 1.807) is 36.4 Å². The van der Waals surface area contributed by atoms with Crippen molar-refractivity contribution in [2.24, 2.45) is 0 Å². The number of anilines is 2. The summed E-state index contributed by atoms with van der Waals surface area (Å²) in [5.41, 5.74) is 2.31. The van der Waals surface area contributed by atoms with Gasteiger partial charge in [-0.15, -0.1) is 0 Å². The summed E-state index contributed by atoms with van der Waals surface area (Å²) in [7, 11) is 0. The standard InChI is InChI=1S/C19H21FN2O2S/c1-3-4-11-24-18(23)14-6-8-15(9-7-14)21-19(25)22-17-10-5-13(2)12-16(17)20/h5-10,12H,3-4,11H2,1-2H3,(H2,21,22,25). The molecule has 2 N–H and O–H groups in total. The van der Waals surface area contributed by atoms with E-state index in [4.69, 9.17) is 17.0 Å². The first-order valence-corrected chi connectivity index (χ1v) is 8.51. The highest BCUT2D eigenvalue weighted by atomic mass is 32.1. The van der Waals surface area contributed by atoms with Crippen LogP contribution in [0.25, 0.3) is 0 Å². The zero-order valence-electron chi connectivity index (χ0n) is 14.3. The van der Waals surface area contributed by atoms with Gasteiger partial charge in [0, 0.05) is 5.69 Å². The Balaban J connectivity index is 1.91. The van der Waals surface area contributed by atoms with Crippen molar-refractivity contribution < 1.29 is 13.9 Å². The Morgan fingerprint density at radius 2 is 1.88 bits per heavy atom. The summed E-state index contributed by atoms with van der Waals surface area (Å²) in [5.74, 6) is -0.711. The second kappa shape index (κ2) is 9.13. The highest BCUT2D eigenvalue weighted by molar-refractivity contribution is 7.80. The summed E-state index contributed by atoms with van der Waals surface area (Å²) >= 11 is 5.19. The number of carbonyl (C=O) groups is 1. The first-order valence-electron chi connectivity index (χ1n) is 8.11. The first kappa shape index (κ1) is 18.9. The Bertz CT molecular complexity index is 748. The Labute approximate surface area is 152 Å². The van der Waals surface area contributed by atoms with Crippen LogP contribution in [0.4, 0.5) is 15.8 Å². The average molecular weight is 360 g/mol. The van der Waals surface area contributed by atoms with Crippen LogP contribution in [0.1, 0.15) is 35.7 Å². The highest BCUT2D eigenvalue weighted by Gasteiger charge is 2.08. The van der Waals surface area contributed by atoms with Crippen molar-refractivity contribution in [1.82, 2.24) is 0 Å². The molecule has 0 atom stereocenters. The molecule has 0 unspecified atom stereocenters. The molecule has 0 saturated heterocycles. The highest BCUT2D eigenvalue weighted by Crippen LogP contribution is 2.16. The summed E-state index contributed by atoms with van der Waals surface area (Å²) in [6.45, 7) is 4.28. The lowest BCUT2D eigenvalue weighted by Gasteiger charge is -2.12. The molecule has 25 heavy (non-hydrogen) atoms. The number of benzene rings is 2. The molecule has 0 spiro atoms. The van der Waals surface area contributed by atoms with Crippen molar-refractivity contribution in [1.29, 1.82) is 0 Å². The summed E-state index contributed by atoms with van der Waals surface area (Å²) in [6.07, 6.45) is 1.82. The number of hydrogen-bond acceptors (Lipinski definition) is 3. The minimum absolute atomic E-state index is 0.265. The molecule has 0 heterocycles. The predicted octanol–water partition coefficient (Wildman–Crippen LogP) is 4.90. The third-order valence-electron chi connectivity index (χ3n) is 3.48. The molecular formula is C19H21FN2O2S. The molecule has 2 aromatic carbocycles. The predicted molar refractivity (Wildman–Crippen MR) is 103 cm³/mol. The molecular weight excluding hydrogens is 339 g/mol. The first-order chi connectivity index (χ1) is 12.0. The SMILES string of the molecule is CCCCOC(=O)c1ccc(NC(=S)Nc2ccc(C)cc2F)cc1. The smallest absolute Gasteiger partial charge is 0.338 e. The van der Waals surface area contributed by atoms with Crippen molar-refractivity contribution in [3.63, 3.8) is 0 Å². The second-order valence-electron chi connectivity index (χ2n) is 5.63. The van der Waals surface area contributed by atoms with Gasteiger partial charge < -0.3 is 15.4 Å². The van der Waals surface area contributed by atoms with Gasteiger partial charge in [-0.05, 0) is 67.5 Å². The lowest BCUT2D eigenvalue weighted by Crippen LogP contribution is -2.19. The third-order valence-corrected chi connectivity index (χ3v) is 3.69. The van der Waals surface area contributed by atoms with Crippen LogP contribution in [0.15, 0.2) is 42.5 Å². The normalized spacial score (nSPS) is 10.2. The van der Waals surface area contributed by atoms with E-state index in [1.165, 1.54) is 6.07 Å². The number of thiocarbonyl (C=S) groups is 1. The molecule has 0 fully saturated rings. The maximum atomic E-state index is 13.8. The molecule has 0 bridgehead atoms. The van der Waals surface area contributed by atoms with E-state index in [1.807, 2.05) is 13.8 Å². The quantitative estimate of drug-likeness (QED) is 0.436. The van der Waals surface area contributed by atoms with E-state index in [2.05, 4.69) is 10.6 Å². The van der Waals surface area contributed by atoms with Crippen molar-refractivity contribution in [2.75, 3.05) is 17.2 Å². The van der Waals surface area contributed by atoms with E-state index >= 15 is 0 Å². The second-order valence-corrected chi connectivity index (χ2v) is 6.04. The maximum absolute atomic E-state index is 13.8. The summed E-state index contributed by atoms with van der Waals surface area (Å²) < 4.78 is 19.0. The minimum atomic E-state index is -0.366. The molecule has 132 valence electrons. The lowest BCUT2D eigenvalue weighted by molar-refractivity contribution is 0.0500. The van der Waals surface area contributed by atoms with Gasteiger partial charge in [-0.1, -0.05) is 19.4 Å². The molecule has 0 aliphatic carbocycles. The number of nitrogens with one attached hydrogen (secondary N) is 2. The summed E-state index contributed by atoms with van der Waals surface area (Å²) in [4.78, 5) is 11.8. The Kier molecular flexibility index (Phi) is 6.89. The largest absolute Gasteiger partial charge is 0.462 e. The molecule has 0 aliphatic rings. The molecule has 2 aromatic rings. The fraction of sp³-hybridized carbons (Fsp3) is 0.263. The molecule has 0 radical (unpaired) electrons. The van der Waals surface area contributed by atoms with Crippen LogP contribution in [0.2, 0.25) is 0 Å². The summed E-state index contributed by atoms with van der Waals surface area (Å²) in [5, 5.41) is 6.03. The molecule has 4 nitrogen and oxygen atoms in total. The Hall–Kier alpha value is -2.47. The number of unbranched alkanes of at least 4 members (excludes halogenated alkanes) is 1. The minimum Gasteiger partial charge on any atom is -0.462 e. The van der Waals surface area contributed by atoms with Crippen molar-refractivity contribution in [2.45, 2.75) is 26.7 Å². The Morgan fingerprint density at radius 3 is 2.52 bits per heavy atom. The lowest BCUT2D eigenvalue weighted by atomic mass is 10.2. The average Bonchev–Trinajstić information content (AvgIpc) is 2.58. The van der Waals surface area contributed by atoms with E-state index in [0.717, 1.165) is 18.4 Å². The third kappa shape index (κ3) is 5.83. The van der Waals surface area contributed by atoms with Gasteiger partial charge in [-0.3, -0.25) is 0 Å². The zero-order chi connectivity index (χ0) is 18.2. The van der Waals surface area contributed by atoms with Gasteiger partial charge in [0.1, 0.15) is 5.82 Å². The fourth-order valence-electron chi connectivity index (χ4n) is 2.09. The van der Waals surface area contributed by atoms with E-state index < -0.39 is 0 Å². The van der Waals surface area contributed by atoms with Crippen LogP contribution in [0, 0.1) is 12.7 Å². The number of carbonyl (C=O) groups excluding carboxylic acids is 1. The van der Waals surface area contributed by atoms with Crippen LogP contribution in [-0.4, -0.2) is 17.7 Å². The van der Waals surface area contributed by atoms with Gasteiger partial charge in [0.05, 0.1) is 17.9 Å². The van der Waals surface area contributed by atoms with Gasteiger partial charge in [0.15, 0.2) is 5.11 Å². The number of ether oxygens (including phenoxy) is 1. The number of halogens is 1. The van der Waals surface area contributed by atoms with Crippen LogP contribution in [-0.2, 0) is 4.74 Å². The molecule has 0 saturated carbocycles. The maximum Gasteiger partial charge on any atom is 0.338 e. The van der Waals surface area contributed by atoms with E-state index in [-0.39, 0.29) is 16.9 Å². The fourth-order valence-corrected chi connectivity index (χ4v) is 2.32. The molecule has 0 aliphatic heterocycles. The molecule has 0 amide bonds. The van der Waals surface area contributed by atoms with E-state index in [9.17, 15) is 9.18 Å². The monoisotopic (exact) mass is 360 g/mol. The van der Waals surface area contributed by atoms with Gasteiger partial charge in [-0.25, -0.2) is 9.18 Å². The number of esters is 1. The molecule has 6 heteroatoms.